The molecule has 0 radical (unpaired) electrons. The number of piperazine rings is 1. The molecule has 1 amide bonds. The predicted molar refractivity (Wildman–Crippen MR) is 176 cm³/mol. The first-order chi connectivity index (χ1) is 19.8. The van der Waals surface area contributed by atoms with Crippen LogP contribution < -0.4 is 10.0 Å². The number of nitrogens with one attached hydrogen (secondary N) is 2. The third-order valence-electron chi connectivity index (χ3n) is 7.27. The number of rotatable bonds is 11. The standard InChI is InChI=1S/C29H48N6O5S2Si/c1-22(20-39-43(8,9)29(5,6)7)30-24-19-25(32-26(31-24)41-21-23-13-11-10-12-14-23)33-42(37,38)35-17-15-34(16-18-35)27(36)40-28(2,3)4/h10-14,19,22H,15-18,20-21H2,1-9H3,(H2,30,31,32,33)/t22-/m1/s1. The summed E-state index contributed by atoms with van der Waals surface area (Å²) in [6.45, 7) is 19.7. The summed E-state index contributed by atoms with van der Waals surface area (Å²) in [6, 6.07) is 11.5. The average molecular weight is 653 g/mol. The van der Waals surface area contributed by atoms with Crippen LogP contribution in [-0.2, 0) is 25.1 Å². The van der Waals surface area contributed by atoms with Crippen molar-refractivity contribution >= 4 is 48.0 Å². The summed E-state index contributed by atoms with van der Waals surface area (Å²) in [7, 11) is -5.88. The van der Waals surface area contributed by atoms with Gasteiger partial charge in [-0.2, -0.15) is 12.7 Å². The summed E-state index contributed by atoms with van der Waals surface area (Å²) in [5.41, 5.74) is 0.487. The highest BCUT2D eigenvalue weighted by Gasteiger charge is 2.37. The number of anilines is 2. The minimum Gasteiger partial charge on any atom is -0.444 e. The number of nitrogens with zero attached hydrogens (tertiary/aromatic N) is 4. The van der Waals surface area contributed by atoms with E-state index < -0.39 is 30.2 Å². The molecule has 1 saturated heterocycles. The molecule has 1 aliphatic heterocycles. The fourth-order valence-corrected chi connectivity index (χ4v) is 6.87. The van der Waals surface area contributed by atoms with E-state index in [0.717, 1.165) is 5.56 Å². The second-order valence-corrected chi connectivity index (χ2v) is 20.7. The van der Waals surface area contributed by atoms with Gasteiger partial charge in [0.05, 0.1) is 6.61 Å². The van der Waals surface area contributed by atoms with Crippen LogP contribution in [0.4, 0.5) is 16.4 Å². The molecule has 0 aliphatic carbocycles. The maximum atomic E-state index is 13.4. The second kappa shape index (κ2) is 14.1. The Morgan fingerprint density at radius 2 is 1.63 bits per heavy atom. The van der Waals surface area contributed by atoms with Crippen LogP contribution in [0, 0.1) is 0 Å². The lowest BCUT2D eigenvalue weighted by atomic mass is 10.2. The lowest BCUT2D eigenvalue weighted by Gasteiger charge is -2.37. The van der Waals surface area contributed by atoms with Crippen LogP contribution in [0.2, 0.25) is 18.1 Å². The lowest BCUT2D eigenvalue weighted by molar-refractivity contribution is 0.0193. The average Bonchev–Trinajstić information content (AvgIpc) is 2.89. The maximum absolute atomic E-state index is 13.4. The first kappa shape index (κ1) is 35.1. The predicted octanol–water partition coefficient (Wildman–Crippen LogP) is 5.80. The topological polar surface area (TPSA) is 126 Å². The molecule has 1 aromatic heterocycles. The van der Waals surface area contributed by atoms with E-state index in [9.17, 15) is 13.2 Å². The molecule has 1 fully saturated rings. The Labute approximate surface area is 262 Å². The zero-order valence-electron chi connectivity index (χ0n) is 26.9. The fourth-order valence-electron chi connectivity index (χ4n) is 3.82. The maximum Gasteiger partial charge on any atom is 0.410 e. The molecule has 0 unspecified atom stereocenters. The molecule has 240 valence electrons. The molecule has 0 bridgehead atoms. The van der Waals surface area contributed by atoms with Gasteiger partial charge in [0.25, 0.3) is 0 Å². The van der Waals surface area contributed by atoms with E-state index in [1.54, 1.807) is 26.8 Å². The molecular weight excluding hydrogens is 605 g/mol. The van der Waals surface area contributed by atoms with Gasteiger partial charge in [0.1, 0.15) is 17.2 Å². The molecule has 2 N–H and O–H groups in total. The van der Waals surface area contributed by atoms with E-state index in [4.69, 9.17) is 9.16 Å². The van der Waals surface area contributed by atoms with Crippen LogP contribution >= 0.6 is 11.8 Å². The van der Waals surface area contributed by atoms with Gasteiger partial charge < -0.3 is 19.4 Å². The van der Waals surface area contributed by atoms with Crippen molar-refractivity contribution in [3.8, 4) is 0 Å². The van der Waals surface area contributed by atoms with Crippen LogP contribution in [0.3, 0.4) is 0 Å². The van der Waals surface area contributed by atoms with E-state index in [1.165, 1.54) is 21.0 Å². The Morgan fingerprint density at radius 3 is 2.21 bits per heavy atom. The van der Waals surface area contributed by atoms with Crippen LogP contribution in [0.5, 0.6) is 0 Å². The third-order valence-corrected chi connectivity index (χ3v) is 14.2. The van der Waals surface area contributed by atoms with Gasteiger partial charge in [0, 0.05) is 44.0 Å². The molecule has 1 aromatic carbocycles. The highest BCUT2D eigenvalue weighted by Crippen LogP contribution is 2.36. The van der Waals surface area contributed by atoms with Crippen molar-refractivity contribution in [3.05, 3.63) is 42.0 Å². The Bertz CT molecular complexity index is 1330. The summed E-state index contributed by atoms with van der Waals surface area (Å²) in [6.07, 6.45) is -0.448. The summed E-state index contributed by atoms with van der Waals surface area (Å²) in [4.78, 5) is 23.1. The number of hydrogen-bond acceptors (Lipinski definition) is 9. The Hall–Kier alpha value is -2.39. The molecule has 1 aliphatic rings. The molecule has 1 atom stereocenters. The number of benzene rings is 1. The van der Waals surface area contributed by atoms with Gasteiger partial charge in [0.2, 0.25) is 0 Å². The van der Waals surface area contributed by atoms with E-state index >= 15 is 0 Å². The summed E-state index contributed by atoms with van der Waals surface area (Å²) >= 11 is 1.43. The number of amides is 1. The zero-order chi connectivity index (χ0) is 32.1. The second-order valence-electron chi connectivity index (χ2n) is 13.3. The molecule has 3 rings (SSSR count). The fraction of sp³-hybridized carbons (Fsp3) is 0.621. The molecule has 2 heterocycles. The summed E-state index contributed by atoms with van der Waals surface area (Å²) < 4.78 is 42.5. The van der Waals surface area contributed by atoms with Gasteiger partial charge in [-0.3, -0.25) is 4.72 Å². The quantitative estimate of drug-likeness (QED) is 0.176. The van der Waals surface area contributed by atoms with Crippen LogP contribution in [0.1, 0.15) is 54.0 Å². The number of hydrogen-bond donors (Lipinski definition) is 2. The third kappa shape index (κ3) is 10.9. The first-order valence-corrected chi connectivity index (χ1v) is 19.9. The minimum atomic E-state index is -3.94. The highest BCUT2D eigenvalue weighted by atomic mass is 32.2. The lowest BCUT2D eigenvalue weighted by Crippen LogP contribution is -2.52. The van der Waals surface area contributed by atoms with Gasteiger partial charge in [0.15, 0.2) is 13.5 Å². The molecule has 11 nitrogen and oxygen atoms in total. The SMILES string of the molecule is C[C@H](CO[Si](C)(C)C(C)(C)C)Nc1cc(NS(=O)(=O)N2CCN(C(=O)OC(C)(C)C)CC2)nc(SCc2ccccc2)n1. The number of ether oxygens (including phenoxy) is 1. The van der Waals surface area contributed by atoms with E-state index in [0.29, 0.717) is 23.3 Å². The van der Waals surface area contributed by atoms with Crippen molar-refractivity contribution in [2.24, 2.45) is 0 Å². The first-order valence-electron chi connectivity index (χ1n) is 14.6. The minimum absolute atomic E-state index is 0.0682. The van der Waals surface area contributed by atoms with Crippen LogP contribution in [-0.4, -0.2) is 86.4 Å². The summed E-state index contributed by atoms with van der Waals surface area (Å²) in [5, 5.41) is 3.91. The molecule has 0 saturated carbocycles. The van der Waals surface area contributed by atoms with Crippen LogP contribution in [0.15, 0.2) is 41.6 Å². The molecular formula is C29H48N6O5S2Si. The van der Waals surface area contributed by atoms with E-state index in [-0.39, 0.29) is 43.1 Å². The van der Waals surface area contributed by atoms with Gasteiger partial charge in [-0.05, 0) is 51.4 Å². The highest BCUT2D eigenvalue weighted by molar-refractivity contribution is 7.98. The number of carbonyl (C=O) groups is 1. The van der Waals surface area contributed by atoms with Crippen molar-refractivity contribution < 1.29 is 22.4 Å². The largest absolute Gasteiger partial charge is 0.444 e. The van der Waals surface area contributed by atoms with Gasteiger partial charge in [-0.15, -0.1) is 0 Å². The Kier molecular flexibility index (Phi) is 11.5. The zero-order valence-corrected chi connectivity index (χ0v) is 29.6. The molecule has 14 heteroatoms. The summed E-state index contributed by atoms with van der Waals surface area (Å²) in [5.74, 6) is 1.30. The number of thioether (sulfide) groups is 1. The van der Waals surface area contributed by atoms with Crippen LogP contribution in [0.25, 0.3) is 0 Å². The normalized spacial score (nSPS) is 16.1. The van der Waals surface area contributed by atoms with E-state index in [2.05, 4.69) is 53.9 Å². The van der Waals surface area contributed by atoms with E-state index in [1.807, 2.05) is 37.3 Å². The Morgan fingerprint density at radius 1 is 1.02 bits per heavy atom. The molecule has 0 spiro atoms. The van der Waals surface area contributed by atoms with Crippen molar-refractivity contribution in [3.63, 3.8) is 0 Å². The van der Waals surface area contributed by atoms with Crippen molar-refractivity contribution in [1.29, 1.82) is 0 Å². The number of carbonyl (C=O) groups excluding carboxylic acids is 1. The smallest absolute Gasteiger partial charge is 0.410 e. The Balaban J connectivity index is 1.73. The van der Waals surface area contributed by atoms with Gasteiger partial charge >= 0.3 is 16.3 Å². The monoisotopic (exact) mass is 652 g/mol. The van der Waals surface area contributed by atoms with Crippen molar-refractivity contribution in [1.82, 2.24) is 19.2 Å². The van der Waals surface area contributed by atoms with Gasteiger partial charge in [-0.25, -0.2) is 14.8 Å². The van der Waals surface area contributed by atoms with Crippen molar-refractivity contribution in [2.45, 2.75) is 89.2 Å². The number of aromatic nitrogens is 2. The van der Waals surface area contributed by atoms with Gasteiger partial charge in [-0.1, -0.05) is 62.9 Å². The van der Waals surface area contributed by atoms with Crippen molar-refractivity contribution in [2.75, 3.05) is 42.8 Å². The molecule has 2 aromatic rings. The molecule has 43 heavy (non-hydrogen) atoms.